The van der Waals surface area contributed by atoms with Crippen LogP contribution in [0.2, 0.25) is 0 Å². The van der Waals surface area contributed by atoms with E-state index in [0.717, 1.165) is 38.5 Å². The third-order valence-electron chi connectivity index (χ3n) is 8.13. The van der Waals surface area contributed by atoms with Crippen LogP contribution in [0.1, 0.15) is 41.6 Å². The third kappa shape index (κ3) is 7.41. The lowest BCUT2D eigenvalue weighted by molar-refractivity contribution is -0.268. The number of aromatic nitrogens is 3. The maximum atomic E-state index is 12.7. The Bertz CT molecular complexity index is 1850. The first-order chi connectivity index (χ1) is 22.3. The zero-order valence-corrected chi connectivity index (χ0v) is 27.2. The topological polar surface area (TPSA) is 116 Å². The number of aryl methyl sites for hydroxylation is 1. The molecule has 2 heterocycles. The van der Waals surface area contributed by atoms with E-state index in [0.29, 0.717) is 5.75 Å². The van der Waals surface area contributed by atoms with E-state index in [-0.39, 0.29) is 36.2 Å². The third-order valence-corrected chi connectivity index (χ3v) is 10.7. The predicted molar refractivity (Wildman–Crippen MR) is 177 cm³/mol. The molecule has 6 rings (SSSR count). The molecular weight excluding hydrogens is 621 g/mol. The summed E-state index contributed by atoms with van der Waals surface area (Å²) in [6.07, 6.45) is 0.758. The van der Waals surface area contributed by atoms with Crippen LogP contribution in [0.4, 0.5) is 0 Å². The molecule has 0 bridgehead atoms. The minimum Gasteiger partial charge on any atom is -0.392 e. The summed E-state index contributed by atoms with van der Waals surface area (Å²) >= 11 is 1.60. The van der Waals surface area contributed by atoms with Gasteiger partial charge in [0.25, 0.3) is 0 Å². The van der Waals surface area contributed by atoms with Crippen LogP contribution in [-0.4, -0.2) is 40.1 Å². The van der Waals surface area contributed by atoms with E-state index < -0.39 is 16.3 Å². The first-order valence-corrected chi connectivity index (χ1v) is 17.5. The molecule has 1 aliphatic rings. The van der Waals surface area contributed by atoms with Crippen LogP contribution in [0.5, 0.6) is 0 Å². The van der Waals surface area contributed by atoms with Gasteiger partial charge >= 0.3 is 0 Å². The monoisotopic (exact) mass is 656 g/mol. The van der Waals surface area contributed by atoms with Crippen molar-refractivity contribution in [2.24, 2.45) is 13.0 Å². The zero-order valence-electron chi connectivity index (χ0n) is 25.6. The van der Waals surface area contributed by atoms with Gasteiger partial charge in [-0.25, -0.2) is 13.1 Å². The number of nitrogens with one attached hydrogen (secondary N) is 1. The Kier molecular flexibility index (Phi) is 9.98. The number of sulfonamides is 1. The van der Waals surface area contributed by atoms with Crippen LogP contribution >= 0.6 is 11.8 Å². The molecule has 0 aliphatic carbocycles. The van der Waals surface area contributed by atoms with E-state index in [1.807, 2.05) is 84.4 Å². The second kappa shape index (κ2) is 14.3. The quantitative estimate of drug-likeness (QED) is 0.166. The maximum Gasteiger partial charge on any atom is 0.240 e. The van der Waals surface area contributed by atoms with E-state index in [1.54, 1.807) is 48.4 Å². The van der Waals surface area contributed by atoms with Gasteiger partial charge in [-0.1, -0.05) is 104 Å². The van der Waals surface area contributed by atoms with Crippen molar-refractivity contribution < 1.29 is 23.0 Å². The highest BCUT2D eigenvalue weighted by Crippen LogP contribution is 2.43. The molecule has 1 aromatic heterocycles. The van der Waals surface area contributed by atoms with Crippen molar-refractivity contribution in [3.05, 3.63) is 132 Å². The van der Waals surface area contributed by atoms with Crippen LogP contribution in [0.15, 0.2) is 120 Å². The van der Waals surface area contributed by atoms with Gasteiger partial charge in [-0.15, -0.1) is 10.2 Å². The van der Waals surface area contributed by atoms with Crippen LogP contribution in [0.3, 0.4) is 0 Å². The number of thioether (sulfide) groups is 1. The summed E-state index contributed by atoms with van der Waals surface area (Å²) in [6.45, 7) is 2.31. The average molecular weight is 657 g/mol. The van der Waals surface area contributed by atoms with E-state index in [1.165, 1.54) is 0 Å². The second-order valence-corrected chi connectivity index (χ2v) is 14.1. The summed E-state index contributed by atoms with van der Waals surface area (Å²) in [6, 6.07) is 32.1. The van der Waals surface area contributed by atoms with E-state index >= 15 is 0 Å². The van der Waals surface area contributed by atoms with Gasteiger partial charge in [-0.2, -0.15) is 0 Å². The highest BCUT2D eigenvalue weighted by atomic mass is 32.2. The van der Waals surface area contributed by atoms with Gasteiger partial charge in [0.1, 0.15) is 6.33 Å². The van der Waals surface area contributed by atoms with Crippen molar-refractivity contribution in [1.82, 2.24) is 19.5 Å². The highest BCUT2D eigenvalue weighted by Gasteiger charge is 2.38. The fraction of sp³-hybridized carbons (Fsp3) is 0.257. The van der Waals surface area contributed by atoms with Crippen molar-refractivity contribution in [1.29, 1.82) is 0 Å². The van der Waals surface area contributed by atoms with Gasteiger partial charge in [0.2, 0.25) is 10.0 Å². The molecule has 238 valence electrons. The Morgan fingerprint density at radius 1 is 0.870 bits per heavy atom. The summed E-state index contributed by atoms with van der Waals surface area (Å²) < 4.78 is 43.2. The number of nitrogens with zero attached hydrogens (tertiary/aromatic N) is 3. The standard InChI is InChI=1S/C35H36N4O5S2/c1-24-32(22-45-35-38-36-23-39(35)2)43-34(44-33(24)28-13-11-25(21-40)12-14-28)29-17-15-27(16-18-29)30-8-6-7-26(19-30)20-37-46(41,42)31-9-4-3-5-10-31/h3-19,23-24,32-34,37,40H,20-22H2,1-2H3/t24-,32+,33+,34+/m0/s1. The van der Waals surface area contributed by atoms with Crippen LogP contribution in [-0.2, 0) is 39.7 Å². The smallest absolute Gasteiger partial charge is 0.240 e. The molecule has 11 heteroatoms. The predicted octanol–water partition coefficient (Wildman–Crippen LogP) is 6.04. The number of aliphatic hydroxyl groups is 1. The number of rotatable bonds is 11. The zero-order chi connectivity index (χ0) is 32.1. The average Bonchev–Trinajstić information content (AvgIpc) is 3.52. The van der Waals surface area contributed by atoms with Crippen molar-refractivity contribution in [2.45, 2.75) is 48.6 Å². The number of aliphatic hydroxyl groups excluding tert-OH is 1. The molecule has 2 N–H and O–H groups in total. The van der Waals surface area contributed by atoms with Gasteiger partial charge in [-0.3, -0.25) is 0 Å². The molecule has 4 aromatic carbocycles. The highest BCUT2D eigenvalue weighted by molar-refractivity contribution is 7.99. The summed E-state index contributed by atoms with van der Waals surface area (Å²) in [7, 11) is -1.69. The lowest BCUT2D eigenvalue weighted by Crippen LogP contribution is -2.38. The number of hydrogen-bond acceptors (Lipinski definition) is 8. The normalized spacial score (nSPS) is 20.1. The maximum absolute atomic E-state index is 12.7. The number of ether oxygens (including phenoxy) is 2. The molecule has 0 saturated carbocycles. The second-order valence-electron chi connectivity index (χ2n) is 11.3. The molecule has 9 nitrogen and oxygen atoms in total. The van der Waals surface area contributed by atoms with Crippen molar-refractivity contribution >= 4 is 21.8 Å². The Morgan fingerprint density at radius 3 is 2.30 bits per heavy atom. The lowest BCUT2D eigenvalue weighted by atomic mass is 9.91. The first kappa shape index (κ1) is 32.1. The Hall–Kier alpha value is -3.84. The molecule has 46 heavy (non-hydrogen) atoms. The molecular formula is C35H36N4O5S2. The molecule has 1 saturated heterocycles. The SMILES string of the molecule is C[C@H]1[C@@H](CSc2nncn2C)O[C@@H](c2ccc(-c3cccc(CNS(=O)(=O)c4ccccc4)c3)cc2)O[C@H]1c1ccc(CO)cc1. The van der Waals surface area contributed by atoms with E-state index in [4.69, 9.17) is 9.47 Å². The number of benzene rings is 4. The van der Waals surface area contributed by atoms with Gasteiger partial charge in [0, 0.05) is 30.8 Å². The van der Waals surface area contributed by atoms with Crippen LogP contribution < -0.4 is 4.72 Å². The Morgan fingerprint density at radius 2 is 1.61 bits per heavy atom. The molecule has 1 fully saturated rings. The number of hydrogen-bond donors (Lipinski definition) is 2. The lowest BCUT2D eigenvalue weighted by Gasteiger charge is -2.41. The molecule has 0 unspecified atom stereocenters. The van der Waals surface area contributed by atoms with Crippen LogP contribution in [0.25, 0.3) is 11.1 Å². The summed E-state index contributed by atoms with van der Waals surface area (Å²) in [5.41, 5.74) is 5.60. The van der Waals surface area contributed by atoms with Crippen molar-refractivity contribution in [3.8, 4) is 11.1 Å². The summed E-state index contributed by atoms with van der Waals surface area (Å²) in [5.74, 6) is 0.732. The molecule has 5 aromatic rings. The minimum absolute atomic E-state index is 0.0113. The minimum atomic E-state index is -3.61. The van der Waals surface area contributed by atoms with Gasteiger partial charge < -0.3 is 19.1 Å². The fourth-order valence-electron chi connectivity index (χ4n) is 5.42. The Labute approximate surface area is 273 Å². The van der Waals surface area contributed by atoms with Gasteiger partial charge in [0.15, 0.2) is 11.4 Å². The van der Waals surface area contributed by atoms with Gasteiger partial charge in [-0.05, 0) is 46.0 Å². The Balaban J connectivity index is 1.19. The van der Waals surface area contributed by atoms with Gasteiger partial charge in [0.05, 0.1) is 23.7 Å². The summed E-state index contributed by atoms with van der Waals surface area (Å²) in [4.78, 5) is 0.238. The first-order valence-electron chi connectivity index (χ1n) is 15.0. The largest absolute Gasteiger partial charge is 0.392 e. The van der Waals surface area contributed by atoms with Crippen LogP contribution in [0, 0.1) is 5.92 Å². The molecule has 0 amide bonds. The molecule has 0 spiro atoms. The van der Waals surface area contributed by atoms with Crippen molar-refractivity contribution in [3.63, 3.8) is 0 Å². The van der Waals surface area contributed by atoms with E-state index in [2.05, 4.69) is 21.8 Å². The van der Waals surface area contributed by atoms with Crippen molar-refractivity contribution in [2.75, 3.05) is 5.75 Å². The molecule has 4 atom stereocenters. The van der Waals surface area contributed by atoms with E-state index in [9.17, 15) is 13.5 Å². The summed E-state index contributed by atoms with van der Waals surface area (Å²) in [5, 5.41) is 18.6. The fourth-order valence-corrected chi connectivity index (χ4v) is 7.51. The molecule has 0 radical (unpaired) electrons. The molecule has 1 aliphatic heterocycles.